The summed E-state index contributed by atoms with van der Waals surface area (Å²) in [7, 11) is 0. The Morgan fingerprint density at radius 2 is 1.52 bits per heavy atom. The third-order valence-electron chi connectivity index (χ3n) is 4.25. The molecule has 2 aromatic rings. The zero-order valence-corrected chi connectivity index (χ0v) is 16.2. The highest BCUT2D eigenvalue weighted by Crippen LogP contribution is 2.41. The lowest BCUT2D eigenvalue weighted by Crippen LogP contribution is -2.03. The number of halogens is 1. The van der Waals surface area contributed by atoms with Crippen molar-refractivity contribution in [1.82, 2.24) is 0 Å². The fourth-order valence-electron chi connectivity index (χ4n) is 3.24. The summed E-state index contributed by atoms with van der Waals surface area (Å²) in [6.45, 7) is 8.13. The molecule has 25 heavy (non-hydrogen) atoms. The second-order valence-corrected chi connectivity index (χ2v) is 7.36. The molecule has 2 aliphatic heterocycles. The van der Waals surface area contributed by atoms with Gasteiger partial charge in [0.05, 0.1) is 5.56 Å². The molecule has 0 amide bonds. The number of ketones is 1. The van der Waals surface area contributed by atoms with Crippen molar-refractivity contribution in [3.05, 3.63) is 57.6 Å². The van der Waals surface area contributed by atoms with E-state index in [1.165, 1.54) is 0 Å². The summed E-state index contributed by atoms with van der Waals surface area (Å²) in [5.41, 5.74) is 6.11. The number of ether oxygens (including phenoxy) is 2. The number of carbonyl (C=O) groups is 2. The number of benzene rings is 2. The number of Topliss-reactive ketones (excluding diaryl/α,β-unsaturated/α-hetero) is 1. The number of hydrogen-bond acceptors (Lipinski definition) is 4. The quantitative estimate of drug-likeness (QED) is 0.368. The van der Waals surface area contributed by atoms with E-state index < -0.39 is 0 Å². The molecule has 1 unspecified atom stereocenters. The van der Waals surface area contributed by atoms with Gasteiger partial charge in [-0.3, -0.25) is 9.59 Å². The van der Waals surface area contributed by atoms with Crippen molar-refractivity contribution in [3.63, 3.8) is 0 Å². The number of fused-ring (bicyclic) bond motifs is 2. The molecule has 2 aliphatic rings. The van der Waals surface area contributed by atoms with E-state index in [0.717, 1.165) is 39.1 Å². The lowest BCUT2D eigenvalue weighted by atomic mass is 10.0. The van der Waals surface area contributed by atoms with E-state index in [9.17, 15) is 9.59 Å². The number of carbonyl (C=O) groups excluding carboxylic acids is 2. The summed E-state index contributed by atoms with van der Waals surface area (Å²) in [4.78, 5) is 22.2. The monoisotopic (exact) mass is 402 g/mol. The standard InChI is InChI=1S/C10H9BrO2.C10H10O2/c1-5-3-6(2)8-7(4-5)13-10(12)9(8)11;1-6-3-7(2)10-8(11)5-12-9(10)4-6/h3-4,9H,1-2H3;3-4H,5H2,1-2H3. The molecule has 0 spiro atoms. The zero-order valence-electron chi connectivity index (χ0n) is 14.6. The minimum absolute atomic E-state index is 0.0995. The molecule has 2 aromatic carbocycles. The summed E-state index contributed by atoms with van der Waals surface area (Å²) in [6, 6.07) is 7.86. The number of esters is 1. The first-order chi connectivity index (χ1) is 11.8. The largest absolute Gasteiger partial charge is 0.485 e. The van der Waals surface area contributed by atoms with Crippen LogP contribution in [0.3, 0.4) is 0 Å². The van der Waals surface area contributed by atoms with Crippen LogP contribution in [0, 0.1) is 27.7 Å². The Hall–Kier alpha value is -2.14. The van der Waals surface area contributed by atoms with Crippen molar-refractivity contribution < 1.29 is 19.1 Å². The topological polar surface area (TPSA) is 52.6 Å². The minimum Gasteiger partial charge on any atom is -0.485 e. The summed E-state index contributed by atoms with van der Waals surface area (Å²) in [5, 5.41) is 0. The van der Waals surface area contributed by atoms with Gasteiger partial charge in [-0.05, 0) is 62.1 Å². The molecule has 130 valence electrons. The molecule has 0 aromatic heterocycles. The van der Waals surface area contributed by atoms with E-state index in [1.54, 1.807) is 0 Å². The van der Waals surface area contributed by atoms with Gasteiger partial charge in [0.2, 0.25) is 5.78 Å². The van der Waals surface area contributed by atoms with Gasteiger partial charge >= 0.3 is 5.97 Å². The smallest absolute Gasteiger partial charge is 0.329 e. The van der Waals surface area contributed by atoms with Crippen molar-refractivity contribution in [3.8, 4) is 11.5 Å². The lowest BCUT2D eigenvalue weighted by molar-refractivity contribution is -0.132. The van der Waals surface area contributed by atoms with Crippen LogP contribution in [-0.4, -0.2) is 18.4 Å². The van der Waals surface area contributed by atoms with Crippen LogP contribution >= 0.6 is 15.9 Å². The molecule has 0 saturated carbocycles. The summed E-state index contributed by atoms with van der Waals surface area (Å²) in [5.74, 6) is 1.33. The van der Waals surface area contributed by atoms with Crippen molar-refractivity contribution in [2.75, 3.05) is 6.61 Å². The Bertz CT molecular complexity index is 886. The van der Waals surface area contributed by atoms with E-state index in [-0.39, 0.29) is 23.2 Å². The van der Waals surface area contributed by atoms with Crippen LogP contribution in [0.5, 0.6) is 11.5 Å². The minimum atomic E-state index is -0.289. The molecule has 4 nitrogen and oxygen atoms in total. The molecule has 0 saturated heterocycles. The Morgan fingerprint density at radius 1 is 0.920 bits per heavy atom. The fraction of sp³-hybridized carbons (Fsp3) is 0.300. The van der Waals surface area contributed by atoms with Gasteiger partial charge in [-0.15, -0.1) is 0 Å². The van der Waals surface area contributed by atoms with Crippen LogP contribution in [0.15, 0.2) is 24.3 Å². The molecular formula is C20H19BrO4. The third-order valence-corrected chi connectivity index (χ3v) is 5.08. The Labute approximate surface area is 155 Å². The van der Waals surface area contributed by atoms with Gasteiger partial charge in [0.25, 0.3) is 0 Å². The van der Waals surface area contributed by atoms with Crippen molar-refractivity contribution in [2.24, 2.45) is 0 Å². The van der Waals surface area contributed by atoms with Crippen molar-refractivity contribution >= 4 is 27.7 Å². The number of alkyl halides is 1. The predicted molar refractivity (Wildman–Crippen MR) is 99.0 cm³/mol. The molecule has 0 fully saturated rings. The predicted octanol–water partition coefficient (Wildman–Crippen LogP) is 4.54. The first-order valence-corrected chi connectivity index (χ1v) is 8.93. The van der Waals surface area contributed by atoms with Gasteiger partial charge in [0.15, 0.2) is 6.61 Å². The number of hydrogen-bond donors (Lipinski definition) is 0. The Balaban J connectivity index is 0.000000146. The van der Waals surface area contributed by atoms with Gasteiger partial charge < -0.3 is 9.47 Å². The number of rotatable bonds is 0. The first-order valence-electron chi connectivity index (χ1n) is 8.02. The van der Waals surface area contributed by atoms with Crippen LogP contribution in [0.1, 0.15) is 43.0 Å². The average Bonchev–Trinajstić information content (AvgIpc) is 3.00. The maximum atomic E-state index is 11.3. The van der Waals surface area contributed by atoms with Crippen LogP contribution in [0.4, 0.5) is 0 Å². The van der Waals surface area contributed by atoms with E-state index in [2.05, 4.69) is 22.0 Å². The zero-order chi connectivity index (χ0) is 18.3. The number of aryl methyl sites for hydroxylation is 4. The second kappa shape index (κ2) is 6.64. The van der Waals surface area contributed by atoms with Crippen molar-refractivity contribution in [2.45, 2.75) is 32.5 Å². The average molecular weight is 403 g/mol. The van der Waals surface area contributed by atoms with Gasteiger partial charge in [-0.1, -0.05) is 28.1 Å². The molecule has 0 N–H and O–H groups in total. The highest BCUT2D eigenvalue weighted by molar-refractivity contribution is 9.09. The summed E-state index contributed by atoms with van der Waals surface area (Å²) in [6.07, 6.45) is 0. The highest BCUT2D eigenvalue weighted by atomic mass is 79.9. The van der Waals surface area contributed by atoms with Crippen LogP contribution in [-0.2, 0) is 4.79 Å². The second-order valence-electron chi connectivity index (χ2n) is 6.44. The van der Waals surface area contributed by atoms with E-state index in [4.69, 9.17) is 9.47 Å². The normalized spacial score (nSPS) is 17.2. The lowest BCUT2D eigenvalue weighted by Gasteiger charge is -2.04. The van der Waals surface area contributed by atoms with Gasteiger partial charge in [0.1, 0.15) is 16.3 Å². The fourth-order valence-corrected chi connectivity index (χ4v) is 3.92. The van der Waals surface area contributed by atoms with Crippen LogP contribution in [0.2, 0.25) is 0 Å². The molecular weight excluding hydrogens is 384 g/mol. The summed E-state index contributed by atoms with van der Waals surface area (Å²) >= 11 is 3.30. The van der Waals surface area contributed by atoms with E-state index in [1.807, 2.05) is 45.9 Å². The maximum absolute atomic E-state index is 11.3. The third kappa shape index (κ3) is 3.33. The highest BCUT2D eigenvalue weighted by Gasteiger charge is 2.32. The first kappa shape index (κ1) is 17.7. The molecule has 4 rings (SSSR count). The van der Waals surface area contributed by atoms with Crippen LogP contribution < -0.4 is 9.47 Å². The summed E-state index contributed by atoms with van der Waals surface area (Å²) < 4.78 is 10.3. The molecule has 2 heterocycles. The van der Waals surface area contributed by atoms with E-state index >= 15 is 0 Å². The molecule has 1 atom stereocenters. The molecule has 0 bridgehead atoms. The Morgan fingerprint density at radius 3 is 2.20 bits per heavy atom. The van der Waals surface area contributed by atoms with Crippen molar-refractivity contribution in [1.29, 1.82) is 0 Å². The maximum Gasteiger partial charge on any atom is 0.329 e. The van der Waals surface area contributed by atoms with Crippen LogP contribution in [0.25, 0.3) is 0 Å². The Kier molecular flexibility index (Phi) is 4.69. The molecule has 0 aliphatic carbocycles. The van der Waals surface area contributed by atoms with Gasteiger partial charge in [-0.2, -0.15) is 0 Å². The SMILES string of the molecule is Cc1cc(C)c2c(c1)OC(=O)C2Br.Cc1cc(C)c2c(c1)OCC2=O. The molecule has 0 radical (unpaired) electrons. The van der Waals surface area contributed by atoms with Gasteiger partial charge in [-0.25, -0.2) is 0 Å². The van der Waals surface area contributed by atoms with E-state index in [0.29, 0.717) is 5.75 Å². The molecule has 5 heteroatoms. The van der Waals surface area contributed by atoms with Gasteiger partial charge in [0, 0.05) is 5.56 Å².